The summed E-state index contributed by atoms with van der Waals surface area (Å²) in [6.45, 7) is 3.08. The fraction of sp³-hybridized carbons (Fsp3) is 0.148. The van der Waals surface area contributed by atoms with Gasteiger partial charge in [-0.3, -0.25) is 14.2 Å². The van der Waals surface area contributed by atoms with Crippen molar-refractivity contribution in [3.05, 3.63) is 104 Å². The molecule has 6 heteroatoms. The van der Waals surface area contributed by atoms with E-state index in [9.17, 15) is 9.59 Å². The predicted molar refractivity (Wildman–Crippen MR) is 141 cm³/mol. The summed E-state index contributed by atoms with van der Waals surface area (Å²) in [4.78, 5) is 33.6. The Labute approximate surface area is 205 Å². The molecule has 1 aliphatic rings. The van der Waals surface area contributed by atoms with Gasteiger partial charge >= 0.3 is 0 Å². The lowest BCUT2D eigenvalue weighted by atomic mass is 10.1. The molecule has 0 N–H and O–H groups in total. The molecule has 1 aliphatic heterocycles. The molecule has 0 fully saturated rings. The Balaban J connectivity index is 1.73. The van der Waals surface area contributed by atoms with Gasteiger partial charge in [0.25, 0.3) is 11.5 Å². The maximum absolute atomic E-state index is 13.6. The molecule has 1 amide bonds. The van der Waals surface area contributed by atoms with Crippen LogP contribution in [-0.4, -0.2) is 22.0 Å². The highest BCUT2D eigenvalue weighted by atomic mass is 127. The smallest absolute Gasteiger partial charge is 0.261 e. The standard InChI is InChI=1S/C27H22IN3O2/c1-2-14-30-24-11-7-6-10-20(24)21(26(30)32)16-25-29-23-13-12-19(28)15-22(23)27(33)31(25)17-18-8-4-3-5-9-18/h3-13,15-16H,2,14,17H2,1H3. The monoisotopic (exact) mass is 547 g/mol. The number of aromatic nitrogens is 2. The van der Waals surface area contributed by atoms with Gasteiger partial charge in [-0.25, -0.2) is 4.98 Å². The highest BCUT2D eigenvalue weighted by Crippen LogP contribution is 2.37. The first-order chi connectivity index (χ1) is 16.1. The van der Waals surface area contributed by atoms with Crippen molar-refractivity contribution in [2.45, 2.75) is 19.9 Å². The van der Waals surface area contributed by atoms with Gasteiger partial charge < -0.3 is 4.90 Å². The molecule has 5 rings (SSSR count). The Morgan fingerprint density at radius 1 is 0.970 bits per heavy atom. The van der Waals surface area contributed by atoms with Crippen molar-refractivity contribution >= 4 is 56.7 Å². The quantitative estimate of drug-likeness (QED) is 0.250. The Kier molecular flexibility index (Phi) is 5.85. The third-order valence-corrected chi connectivity index (χ3v) is 6.48. The summed E-state index contributed by atoms with van der Waals surface area (Å²) in [5.41, 5.74) is 3.86. The van der Waals surface area contributed by atoms with Gasteiger partial charge in [0.15, 0.2) is 0 Å². The number of carbonyl (C=O) groups is 1. The molecule has 3 aromatic carbocycles. The van der Waals surface area contributed by atoms with E-state index in [1.807, 2.05) is 77.7 Å². The zero-order valence-corrected chi connectivity index (χ0v) is 20.3. The van der Waals surface area contributed by atoms with E-state index in [1.165, 1.54) is 0 Å². The van der Waals surface area contributed by atoms with Crippen molar-refractivity contribution in [3.8, 4) is 0 Å². The van der Waals surface area contributed by atoms with Crippen LogP contribution in [0.5, 0.6) is 0 Å². The normalized spacial score (nSPS) is 14.3. The second kappa shape index (κ2) is 8.94. The Bertz CT molecular complexity index is 1460. The molecule has 4 aromatic rings. The van der Waals surface area contributed by atoms with E-state index >= 15 is 0 Å². The Morgan fingerprint density at radius 2 is 1.73 bits per heavy atom. The topological polar surface area (TPSA) is 55.2 Å². The van der Waals surface area contributed by atoms with Crippen molar-refractivity contribution < 1.29 is 4.79 Å². The van der Waals surface area contributed by atoms with E-state index in [2.05, 4.69) is 29.5 Å². The summed E-state index contributed by atoms with van der Waals surface area (Å²) in [5.74, 6) is 0.426. The van der Waals surface area contributed by atoms with Crippen LogP contribution in [0.3, 0.4) is 0 Å². The molecule has 0 spiro atoms. The molecule has 0 bridgehead atoms. The molecule has 0 saturated heterocycles. The van der Waals surface area contributed by atoms with Crippen molar-refractivity contribution in [3.63, 3.8) is 0 Å². The lowest BCUT2D eigenvalue weighted by molar-refractivity contribution is -0.113. The van der Waals surface area contributed by atoms with E-state index in [0.29, 0.717) is 35.4 Å². The Morgan fingerprint density at radius 3 is 2.52 bits per heavy atom. The number of hydrogen-bond acceptors (Lipinski definition) is 3. The first-order valence-electron chi connectivity index (χ1n) is 10.9. The summed E-state index contributed by atoms with van der Waals surface area (Å²) in [5, 5.41) is 0.575. The SMILES string of the molecule is CCCN1C(=O)C(=Cc2nc3ccc(I)cc3c(=O)n2Cc2ccccc2)c2ccccc21. The van der Waals surface area contributed by atoms with Crippen LogP contribution in [0, 0.1) is 3.57 Å². The number of para-hydroxylation sites is 1. The lowest BCUT2D eigenvalue weighted by Crippen LogP contribution is -2.27. The molecule has 0 aliphatic carbocycles. The molecular weight excluding hydrogens is 525 g/mol. The van der Waals surface area contributed by atoms with Crippen molar-refractivity contribution in [2.75, 3.05) is 11.4 Å². The average molecular weight is 547 g/mol. The zero-order chi connectivity index (χ0) is 22.9. The number of halogens is 1. The second-order valence-corrected chi connectivity index (χ2v) is 9.29. The van der Waals surface area contributed by atoms with Crippen LogP contribution >= 0.6 is 22.6 Å². The minimum absolute atomic E-state index is 0.0544. The summed E-state index contributed by atoms with van der Waals surface area (Å²) >= 11 is 2.20. The van der Waals surface area contributed by atoms with Gasteiger partial charge in [0.05, 0.1) is 28.7 Å². The highest BCUT2D eigenvalue weighted by Gasteiger charge is 2.31. The highest BCUT2D eigenvalue weighted by molar-refractivity contribution is 14.1. The molecule has 164 valence electrons. The molecule has 0 saturated carbocycles. The lowest BCUT2D eigenvalue weighted by Gasteiger charge is -2.15. The summed E-state index contributed by atoms with van der Waals surface area (Å²) in [7, 11) is 0. The number of amides is 1. The van der Waals surface area contributed by atoms with E-state index in [4.69, 9.17) is 4.98 Å². The van der Waals surface area contributed by atoms with Crippen LogP contribution in [0.25, 0.3) is 22.6 Å². The third kappa shape index (κ3) is 3.99. The number of carbonyl (C=O) groups excluding carboxylic acids is 1. The first kappa shape index (κ1) is 21.6. The fourth-order valence-corrected chi connectivity index (χ4v) is 4.75. The molecule has 0 atom stereocenters. The molecule has 0 radical (unpaired) electrons. The maximum Gasteiger partial charge on any atom is 0.261 e. The first-order valence-corrected chi connectivity index (χ1v) is 12.0. The summed E-state index contributed by atoms with van der Waals surface area (Å²) in [6, 6.07) is 23.3. The Hall–Kier alpha value is -3.26. The van der Waals surface area contributed by atoms with Crippen LogP contribution in [0.4, 0.5) is 5.69 Å². The van der Waals surface area contributed by atoms with E-state index in [-0.39, 0.29) is 11.5 Å². The number of benzene rings is 3. The minimum Gasteiger partial charge on any atom is -0.308 e. The van der Waals surface area contributed by atoms with Crippen LogP contribution < -0.4 is 10.5 Å². The molecule has 1 aromatic heterocycles. The number of anilines is 1. The molecule has 0 unspecified atom stereocenters. The summed E-state index contributed by atoms with van der Waals surface area (Å²) in [6.07, 6.45) is 2.64. The summed E-state index contributed by atoms with van der Waals surface area (Å²) < 4.78 is 2.64. The van der Waals surface area contributed by atoms with Gasteiger partial charge in [-0.2, -0.15) is 0 Å². The number of hydrogen-bond donors (Lipinski definition) is 0. The van der Waals surface area contributed by atoms with Crippen LogP contribution in [-0.2, 0) is 11.3 Å². The third-order valence-electron chi connectivity index (χ3n) is 5.81. The molecule has 33 heavy (non-hydrogen) atoms. The van der Waals surface area contributed by atoms with Crippen molar-refractivity contribution in [2.24, 2.45) is 0 Å². The van der Waals surface area contributed by atoms with Gasteiger partial charge in [-0.1, -0.05) is 55.5 Å². The van der Waals surface area contributed by atoms with E-state index in [0.717, 1.165) is 26.8 Å². The van der Waals surface area contributed by atoms with Gasteiger partial charge in [0.2, 0.25) is 0 Å². The molecule has 5 nitrogen and oxygen atoms in total. The van der Waals surface area contributed by atoms with Crippen LogP contribution in [0.1, 0.15) is 30.3 Å². The number of rotatable bonds is 5. The van der Waals surface area contributed by atoms with Gasteiger partial charge in [0.1, 0.15) is 5.82 Å². The minimum atomic E-state index is -0.113. The van der Waals surface area contributed by atoms with Gasteiger partial charge in [-0.15, -0.1) is 0 Å². The number of fused-ring (bicyclic) bond motifs is 2. The molecule has 2 heterocycles. The fourth-order valence-electron chi connectivity index (χ4n) is 4.26. The second-order valence-electron chi connectivity index (χ2n) is 8.04. The van der Waals surface area contributed by atoms with Crippen LogP contribution in [0.2, 0.25) is 0 Å². The van der Waals surface area contributed by atoms with Gasteiger partial charge in [-0.05, 0) is 64.9 Å². The maximum atomic E-state index is 13.6. The predicted octanol–water partition coefficient (Wildman–Crippen LogP) is 5.35. The average Bonchev–Trinajstić information content (AvgIpc) is 3.09. The van der Waals surface area contributed by atoms with Crippen molar-refractivity contribution in [1.82, 2.24) is 9.55 Å². The van der Waals surface area contributed by atoms with E-state index in [1.54, 1.807) is 10.6 Å². The largest absolute Gasteiger partial charge is 0.308 e. The van der Waals surface area contributed by atoms with Crippen molar-refractivity contribution in [1.29, 1.82) is 0 Å². The van der Waals surface area contributed by atoms with E-state index < -0.39 is 0 Å². The zero-order valence-electron chi connectivity index (χ0n) is 18.2. The van der Waals surface area contributed by atoms with Crippen LogP contribution in [0.15, 0.2) is 77.6 Å². The molecular formula is C27H22IN3O2. The number of nitrogens with zero attached hydrogens (tertiary/aromatic N) is 3. The van der Waals surface area contributed by atoms with Gasteiger partial charge in [0, 0.05) is 15.7 Å².